The monoisotopic (exact) mass is 940 g/mol. The van der Waals surface area contributed by atoms with E-state index in [0.29, 0.717) is 40.6 Å². The summed E-state index contributed by atoms with van der Waals surface area (Å²) in [6.45, 7) is 1.59. The van der Waals surface area contributed by atoms with Crippen LogP contribution < -0.4 is 14.8 Å². The lowest BCUT2D eigenvalue weighted by Crippen LogP contribution is -2.37. The molecule has 65 heavy (non-hydrogen) atoms. The van der Waals surface area contributed by atoms with Gasteiger partial charge in [-0.25, -0.2) is 19.9 Å². The van der Waals surface area contributed by atoms with E-state index in [1.165, 1.54) is 31.3 Å². The molecule has 0 spiro atoms. The van der Waals surface area contributed by atoms with Crippen molar-refractivity contribution in [1.29, 1.82) is 0 Å². The number of alkyl halides is 9. The number of carbonyl (C=O) groups is 2. The van der Waals surface area contributed by atoms with Crippen molar-refractivity contribution in [2.45, 2.75) is 37.6 Å². The largest absolute Gasteiger partial charge is 0.534 e. The number of carbonyl (C=O) groups excluding carboxylic acids is 2. The summed E-state index contributed by atoms with van der Waals surface area (Å²) < 4.78 is 153. The van der Waals surface area contributed by atoms with Crippen LogP contribution in [0.2, 0.25) is 0 Å². The molecule has 0 bridgehead atoms. The number of halogens is 9. The van der Waals surface area contributed by atoms with Crippen LogP contribution in [0.4, 0.5) is 39.5 Å². The van der Waals surface area contributed by atoms with Gasteiger partial charge in [-0.15, -0.1) is 0 Å². The maximum absolute atomic E-state index is 12.1. The van der Waals surface area contributed by atoms with Crippen molar-refractivity contribution in [3.63, 3.8) is 0 Å². The molecular weight excluding hydrogens is 912 g/mol. The number of aromatic nitrogens is 4. The van der Waals surface area contributed by atoms with Crippen LogP contribution >= 0.6 is 0 Å². The summed E-state index contributed by atoms with van der Waals surface area (Å²) >= 11 is 0. The Morgan fingerprint density at radius 3 is 1.69 bits per heavy atom. The highest BCUT2D eigenvalue weighted by atomic mass is 32.2. The summed E-state index contributed by atoms with van der Waals surface area (Å²) in [4.78, 5) is 36.7. The number of aryl methyl sites for hydroxylation is 2. The van der Waals surface area contributed by atoms with Gasteiger partial charge in [-0.2, -0.15) is 47.9 Å². The smallest absolute Gasteiger partial charge is 0.443 e. The number of nitrogens with zero attached hydrogens (tertiary/aromatic N) is 4. The zero-order chi connectivity index (χ0) is 47.4. The maximum atomic E-state index is 12.1. The number of hydrogen-bond donors (Lipinski definition) is 2. The number of fused-ring (bicyclic) bond motifs is 4. The number of rotatable bonds is 7. The number of nitrogens with one attached hydrogen (secondary N) is 2. The fourth-order valence-corrected chi connectivity index (χ4v) is 5.67. The normalized spacial score (nSPS) is 11.6. The molecule has 0 aliphatic heterocycles. The van der Waals surface area contributed by atoms with Gasteiger partial charge in [-0.3, -0.25) is 9.59 Å². The van der Waals surface area contributed by atoms with Gasteiger partial charge in [-0.1, -0.05) is 48.2 Å². The van der Waals surface area contributed by atoms with Gasteiger partial charge in [0, 0.05) is 6.54 Å². The Balaban J connectivity index is 0.000000166. The minimum atomic E-state index is -5.70. The Morgan fingerprint density at radius 2 is 1.11 bits per heavy atom. The Bertz CT molecular complexity index is 3060. The lowest BCUT2D eigenvalue weighted by atomic mass is 10.1. The summed E-state index contributed by atoms with van der Waals surface area (Å²) in [5.74, 6) is 0.593. The molecule has 0 saturated carbocycles. The summed E-state index contributed by atoms with van der Waals surface area (Å²) in [5.41, 5.74) is 1.32. The zero-order valence-corrected chi connectivity index (χ0v) is 33.7. The van der Waals surface area contributed by atoms with Gasteiger partial charge < -0.3 is 32.5 Å². The number of amides is 2. The quantitative estimate of drug-likeness (QED) is 0.0506. The lowest BCUT2D eigenvalue weighted by molar-refractivity contribution is -0.173. The van der Waals surface area contributed by atoms with Crippen LogP contribution in [0.3, 0.4) is 0 Å². The summed E-state index contributed by atoms with van der Waals surface area (Å²) in [6, 6.07) is 20.1. The van der Waals surface area contributed by atoms with Crippen LogP contribution in [-0.4, -0.2) is 71.1 Å². The molecule has 2 N–H and O–H groups in total. The highest BCUT2D eigenvalue weighted by Crippen LogP contribution is 2.31. The number of hydrogen-bond acceptors (Lipinski definition) is 13. The van der Waals surface area contributed by atoms with E-state index in [-0.39, 0.29) is 17.6 Å². The molecule has 0 radical (unpaired) electrons. The van der Waals surface area contributed by atoms with E-state index >= 15 is 0 Å². The number of oxazole rings is 4. The molecule has 342 valence electrons. The first-order valence-corrected chi connectivity index (χ1v) is 19.5. The highest BCUT2D eigenvalue weighted by molar-refractivity contribution is 7.88. The van der Waals surface area contributed by atoms with Gasteiger partial charge >= 0.3 is 39.8 Å². The standard InChI is InChI=1S/C12H11F3N2O2.C12H7F3N2O2.C8H4F3NO4S.C8H7NO/c2*13-12(14,15)11(18)16-6-2-4-8-3-1-5-9-10(8)17-7-19-9;9-8(10,11)17(13,14)16-6-3-1-2-5-7(6)12-4-15-5;1-6-3-2-4-7-8(6)9-5-10-7/h1,3,5,7H,2,4,6H2,(H,16,18);1,3,5,7H,6H2,(H,16,18);1-4H;2-5H,1H3. The van der Waals surface area contributed by atoms with E-state index in [9.17, 15) is 57.5 Å². The van der Waals surface area contributed by atoms with E-state index in [1.807, 2.05) is 36.5 Å². The first-order chi connectivity index (χ1) is 30.7. The third kappa shape index (κ3) is 13.2. The minimum absolute atomic E-state index is 0.0351. The van der Waals surface area contributed by atoms with Crippen molar-refractivity contribution in [3.05, 3.63) is 115 Å². The Morgan fingerprint density at radius 1 is 0.631 bits per heavy atom. The molecule has 0 unspecified atom stereocenters. The summed E-state index contributed by atoms with van der Waals surface area (Å²) in [6.07, 6.45) is -3.80. The van der Waals surface area contributed by atoms with Gasteiger partial charge in [0.1, 0.15) is 16.6 Å². The molecule has 8 rings (SSSR count). The molecule has 0 atom stereocenters. The SMILES string of the molecule is Cc1cccc2ocnc12.O=C(NCC#Cc1cccc2ocnc12)C(F)(F)F.O=C(NCCCc1cccc2ocnc12)C(F)(F)F.O=S(=O)(Oc1cccc2ocnc12)C(F)(F)F. The van der Waals surface area contributed by atoms with Crippen molar-refractivity contribution in [2.24, 2.45) is 0 Å². The second kappa shape index (κ2) is 20.7. The average molecular weight is 941 g/mol. The van der Waals surface area contributed by atoms with E-state index in [2.05, 4.69) is 36.0 Å². The Kier molecular flexibility index (Phi) is 15.4. The van der Waals surface area contributed by atoms with Gasteiger partial charge in [0.2, 0.25) is 0 Å². The van der Waals surface area contributed by atoms with E-state index in [0.717, 1.165) is 34.7 Å². The van der Waals surface area contributed by atoms with E-state index < -0.39 is 52.1 Å². The van der Waals surface area contributed by atoms with E-state index in [1.54, 1.807) is 35.6 Å². The molecule has 4 heterocycles. The first kappa shape index (κ1) is 48.4. The summed E-state index contributed by atoms with van der Waals surface area (Å²) in [7, 11) is -5.70. The van der Waals surface area contributed by atoms with Crippen LogP contribution in [-0.2, 0) is 26.1 Å². The van der Waals surface area contributed by atoms with Gasteiger partial charge in [0.25, 0.3) is 0 Å². The van der Waals surface area contributed by atoms with Gasteiger partial charge in [0.15, 0.2) is 59.2 Å². The second-order valence-electron chi connectivity index (χ2n) is 12.7. The molecule has 0 fully saturated rings. The molecule has 0 aliphatic rings. The number of para-hydroxylation sites is 4. The molecule has 2 amide bonds. The van der Waals surface area contributed by atoms with Crippen LogP contribution in [0.5, 0.6) is 5.75 Å². The molecular formula is C40H29F9N6O9S. The predicted molar refractivity (Wildman–Crippen MR) is 210 cm³/mol. The Labute approximate surface area is 359 Å². The van der Waals surface area contributed by atoms with Crippen molar-refractivity contribution >= 4 is 66.3 Å². The molecule has 0 aliphatic carbocycles. The molecule has 25 heteroatoms. The van der Waals surface area contributed by atoms with E-state index in [4.69, 9.17) is 17.7 Å². The molecule has 4 aromatic heterocycles. The van der Waals surface area contributed by atoms with Crippen molar-refractivity contribution in [3.8, 4) is 17.6 Å². The third-order valence-corrected chi connectivity index (χ3v) is 9.12. The van der Waals surface area contributed by atoms with Gasteiger partial charge in [0.05, 0.1) is 12.1 Å². The highest BCUT2D eigenvalue weighted by Gasteiger charge is 2.49. The van der Waals surface area contributed by atoms with Crippen molar-refractivity contribution < 1.29 is 79.4 Å². The zero-order valence-electron chi connectivity index (χ0n) is 32.8. The first-order valence-electron chi connectivity index (χ1n) is 18.1. The van der Waals surface area contributed by atoms with Crippen LogP contribution in [0, 0.1) is 18.8 Å². The minimum Gasteiger partial charge on any atom is -0.443 e. The predicted octanol–water partition coefficient (Wildman–Crippen LogP) is 8.49. The van der Waals surface area contributed by atoms with Crippen molar-refractivity contribution in [2.75, 3.05) is 13.1 Å². The summed E-state index contributed by atoms with van der Waals surface area (Å²) in [5, 5.41) is 3.48. The van der Waals surface area contributed by atoms with Crippen molar-refractivity contribution in [1.82, 2.24) is 30.6 Å². The maximum Gasteiger partial charge on any atom is 0.534 e. The molecule has 8 aromatic rings. The van der Waals surface area contributed by atoms with Crippen LogP contribution in [0.25, 0.3) is 44.4 Å². The molecule has 15 nitrogen and oxygen atoms in total. The topological polar surface area (TPSA) is 206 Å². The lowest BCUT2D eigenvalue weighted by Gasteiger charge is -2.09. The van der Waals surface area contributed by atoms with Crippen LogP contribution in [0.15, 0.2) is 116 Å². The molecule has 4 aromatic carbocycles. The Hall–Kier alpha value is -7.62. The fraction of sp³-hybridized carbons (Fsp3) is 0.200. The van der Waals surface area contributed by atoms with Crippen LogP contribution in [0.1, 0.15) is 23.1 Å². The molecule has 0 saturated heterocycles. The second-order valence-corrected chi connectivity index (χ2v) is 14.2. The fourth-order valence-electron chi connectivity index (χ4n) is 5.20. The number of benzene rings is 4. The average Bonchev–Trinajstić information content (AvgIpc) is 4.08. The van der Waals surface area contributed by atoms with Gasteiger partial charge in [-0.05, 0) is 67.3 Å². The third-order valence-electron chi connectivity index (χ3n) is 8.16.